The maximum absolute atomic E-state index is 12.8. The molecule has 29 heavy (non-hydrogen) atoms. The van der Waals surface area contributed by atoms with Crippen molar-refractivity contribution in [2.45, 2.75) is 19.4 Å². The Kier molecular flexibility index (Phi) is 5.63. The number of benzene rings is 2. The number of amides is 1. The minimum atomic E-state index is -0.818. The largest absolute Gasteiger partial charge is 0.507 e. The van der Waals surface area contributed by atoms with Gasteiger partial charge in [-0.25, -0.2) is 0 Å². The SMILES string of the molecule is CCCN1C(=O)C(=O)/C(=C(/O)c2ccc([N+](=O)[O-])cc2)C1c1ccccc1OC. The van der Waals surface area contributed by atoms with Gasteiger partial charge >= 0.3 is 0 Å². The molecule has 0 radical (unpaired) electrons. The number of Topliss-reactive ketones (excluding diaryl/α,β-unsaturated/α-hetero) is 1. The minimum Gasteiger partial charge on any atom is -0.507 e. The van der Waals surface area contributed by atoms with Crippen LogP contribution in [-0.2, 0) is 9.59 Å². The van der Waals surface area contributed by atoms with Crippen LogP contribution in [0.15, 0.2) is 54.1 Å². The number of likely N-dealkylation sites (tertiary alicyclic amines) is 1. The van der Waals surface area contributed by atoms with Crippen LogP contribution in [0.25, 0.3) is 5.76 Å². The number of aliphatic hydroxyl groups excluding tert-OH is 1. The van der Waals surface area contributed by atoms with Crippen molar-refractivity contribution >= 4 is 23.1 Å². The molecule has 1 N–H and O–H groups in total. The van der Waals surface area contributed by atoms with Crippen LogP contribution in [-0.4, -0.2) is 40.3 Å². The molecule has 0 bridgehead atoms. The van der Waals surface area contributed by atoms with E-state index in [1.54, 1.807) is 24.3 Å². The predicted octanol–water partition coefficient (Wildman–Crippen LogP) is 3.44. The summed E-state index contributed by atoms with van der Waals surface area (Å²) in [7, 11) is 1.49. The molecule has 1 fully saturated rings. The summed E-state index contributed by atoms with van der Waals surface area (Å²) in [5, 5.41) is 21.8. The molecule has 1 aliphatic heterocycles. The predicted molar refractivity (Wildman–Crippen MR) is 105 cm³/mol. The number of nitro groups is 1. The molecule has 0 spiro atoms. The number of ketones is 1. The molecule has 1 saturated heterocycles. The van der Waals surface area contributed by atoms with Gasteiger partial charge in [0.1, 0.15) is 11.5 Å². The Morgan fingerprint density at radius 2 is 1.83 bits per heavy atom. The zero-order valence-corrected chi connectivity index (χ0v) is 16.0. The van der Waals surface area contributed by atoms with Crippen molar-refractivity contribution in [3.05, 3.63) is 75.3 Å². The molecule has 1 unspecified atom stereocenters. The summed E-state index contributed by atoms with van der Waals surface area (Å²) in [6.07, 6.45) is 0.621. The van der Waals surface area contributed by atoms with Crippen LogP contribution in [0, 0.1) is 10.1 Å². The fourth-order valence-electron chi connectivity index (χ4n) is 3.46. The second-order valence-corrected chi connectivity index (χ2v) is 6.54. The molecule has 1 amide bonds. The molecule has 0 aliphatic carbocycles. The Morgan fingerprint density at radius 3 is 2.41 bits per heavy atom. The average molecular weight is 396 g/mol. The molecular weight excluding hydrogens is 376 g/mol. The quantitative estimate of drug-likeness (QED) is 0.263. The molecule has 0 saturated carbocycles. The Labute approximate surface area is 167 Å². The summed E-state index contributed by atoms with van der Waals surface area (Å²) in [6.45, 7) is 2.21. The van der Waals surface area contributed by atoms with Crippen LogP contribution < -0.4 is 4.74 Å². The van der Waals surface area contributed by atoms with Crippen molar-refractivity contribution in [1.82, 2.24) is 4.90 Å². The van der Waals surface area contributed by atoms with Crippen LogP contribution in [0.1, 0.15) is 30.5 Å². The van der Waals surface area contributed by atoms with E-state index in [1.165, 1.54) is 36.3 Å². The lowest BCUT2D eigenvalue weighted by Crippen LogP contribution is -2.30. The highest BCUT2D eigenvalue weighted by atomic mass is 16.6. The third-order valence-corrected chi connectivity index (χ3v) is 4.79. The number of carbonyl (C=O) groups is 2. The van der Waals surface area contributed by atoms with Crippen LogP contribution in [0.5, 0.6) is 5.75 Å². The second kappa shape index (κ2) is 8.14. The van der Waals surface area contributed by atoms with E-state index in [0.717, 1.165) is 0 Å². The standard InChI is InChI=1S/C21H20N2O6/c1-3-12-22-18(15-6-4-5-7-16(15)29-2)17(20(25)21(22)26)19(24)13-8-10-14(11-9-13)23(27)28/h4-11,18,24H,3,12H2,1-2H3/b19-17+. The second-order valence-electron chi connectivity index (χ2n) is 6.54. The van der Waals surface area contributed by atoms with E-state index in [4.69, 9.17) is 4.74 Å². The number of nitrogens with zero attached hydrogens (tertiary/aromatic N) is 2. The van der Waals surface area contributed by atoms with Gasteiger partial charge in [0.2, 0.25) is 0 Å². The number of rotatable bonds is 6. The van der Waals surface area contributed by atoms with Gasteiger partial charge in [-0.05, 0) is 24.6 Å². The zero-order valence-electron chi connectivity index (χ0n) is 16.0. The molecule has 1 atom stereocenters. The molecular formula is C21H20N2O6. The number of methoxy groups -OCH3 is 1. The number of non-ortho nitro benzene ring substituents is 1. The van der Waals surface area contributed by atoms with E-state index in [9.17, 15) is 24.8 Å². The smallest absolute Gasteiger partial charge is 0.295 e. The highest BCUT2D eigenvalue weighted by Crippen LogP contribution is 2.42. The van der Waals surface area contributed by atoms with E-state index in [2.05, 4.69) is 0 Å². The van der Waals surface area contributed by atoms with Gasteiger partial charge in [0.25, 0.3) is 17.4 Å². The van der Waals surface area contributed by atoms with Crippen LogP contribution in [0.3, 0.4) is 0 Å². The first-order valence-electron chi connectivity index (χ1n) is 9.06. The van der Waals surface area contributed by atoms with Gasteiger partial charge < -0.3 is 14.7 Å². The van der Waals surface area contributed by atoms with Gasteiger partial charge in [-0.1, -0.05) is 25.1 Å². The summed E-state index contributed by atoms with van der Waals surface area (Å²) >= 11 is 0. The number of hydrogen-bond donors (Lipinski definition) is 1. The first-order valence-corrected chi connectivity index (χ1v) is 9.06. The van der Waals surface area contributed by atoms with E-state index in [0.29, 0.717) is 24.3 Å². The van der Waals surface area contributed by atoms with E-state index < -0.39 is 22.7 Å². The summed E-state index contributed by atoms with van der Waals surface area (Å²) in [6, 6.07) is 11.3. The molecule has 1 heterocycles. The Morgan fingerprint density at radius 1 is 1.17 bits per heavy atom. The fraction of sp³-hybridized carbons (Fsp3) is 0.238. The summed E-state index contributed by atoms with van der Waals surface area (Å²) < 4.78 is 5.40. The number of aliphatic hydroxyl groups is 1. The molecule has 8 nitrogen and oxygen atoms in total. The lowest BCUT2D eigenvalue weighted by Gasteiger charge is -2.26. The molecule has 150 valence electrons. The fourth-order valence-corrected chi connectivity index (χ4v) is 3.46. The topological polar surface area (TPSA) is 110 Å². The van der Waals surface area contributed by atoms with E-state index in [1.807, 2.05) is 6.92 Å². The lowest BCUT2D eigenvalue weighted by molar-refractivity contribution is -0.384. The van der Waals surface area contributed by atoms with Gasteiger partial charge in [-0.15, -0.1) is 0 Å². The van der Waals surface area contributed by atoms with Crippen LogP contribution in [0.4, 0.5) is 5.69 Å². The maximum Gasteiger partial charge on any atom is 0.295 e. The van der Waals surface area contributed by atoms with Gasteiger partial charge in [-0.3, -0.25) is 19.7 Å². The zero-order chi connectivity index (χ0) is 21.1. The third kappa shape index (κ3) is 3.56. The highest BCUT2D eigenvalue weighted by Gasteiger charge is 2.46. The Hall–Kier alpha value is -3.68. The highest BCUT2D eigenvalue weighted by molar-refractivity contribution is 6.46. The van der Waals surface area contributed by atoms with Gasteiger partial charge in [0, 0.05) is 29.8 Å². The number of nitro benzene ring substituents is 1. The van der Waals surface area contributed by atoms with Crippen molar-refractivity contribution in [1.29, 1.82) is 0 Å². The average Bonchev–Trinajstić information content (AvgIpc) is 2.98. The molecule has 2 aromatic carbocycles. The van der Waals surface area contributed by atoms with Gasteiger partial charge in [0.15, 0.2) is 0 Å². The van der Waals surface area contributed by atoms with Crippen molar-refractivity contribution in [3.63, 3.8) is 0 Å². The van der Waals surface area contributed by atoms with Gasteiger partial charge in [0.05, 0.1) is 23.6 Å². The molecule has 8 heteroatoms. The van der Waals surface area contributed by atoms with Gasteiger partial charge in [-0.2, -0.15) is 0 Å². The Balaban J connectivity index is 2.19. The Bertz CT molecular complexity index is 996. The lowest BCUT2D eigenvalue weighted by atomic mass is 9.94. The van der Waals surface area contributed by atoms with Crippen molar-refractivity contribution in [2.75, 3.05) is 13.7 Å². The normalized spacial score (nSPS) is 18.1. The first kappa shape index (κ1) is 20.1. The molecule has 1 aliphatic rings. The summed E-state index contributed by atoms with van der Waals surface area (Å²) in [4.78, 5) is 37.2. The van der Waals surface area contributed by atoms with Crippen LogP contribution >= 0.6 is 0 Å². The third-order valence-electron chi connectivity index (χ3n) is 4.79. The summed E-state index contributed by atoms with van der Waals surface area (Å²) in [5.74, 6) is -1.40. The minimum absolute atomic E-state index is 0.0678. The number of para-hydroxylation sites is 1. The maximum atomic E-state index is 12.8. The van der Waals surface area contributed by atoms with Crippen molar-refractivity contribution < 1.29 is 24.4 Å². The van der Waals surface area contributed by atoms with Crippen LogP contribution in [0.2, 0.25) is 0 Å². The van der Waals surface area contributed by atoms with E-state index >= 15 is 0 Å². The van der Waals surface area contributed by atoms with Crippen molar-refractivity contribution in [2.24, 2.45) is 0 Å². The first-order chi connectivity index (χ1) is 13.9. The molecule has 2 aromatic rings. The molecule has 0 aromatic heterocycles. The van der Waals surface area contributed by atoms with E-state index in [-0.39, 0.29) is 22.6 Å². The summed E-state index contributed by atoms with van der Waals surface area (Å²) in [5.41, 5.74) is 0.576. The molecule has 3 rings (SSSR count). The monoisotopic (exact) mass is 396 g/mol. The number of hydrogen-bond acceptors (Lipinski definition) is 6. The van der Waals surface area contributed by atoms with Crippen molar-refractivity contribution in [3.8, 4) is 5.75 Å². The number of ether oxygens (including phenoxy) is 1. The number of carbonyl (C=O) groups excluding carboxylic acids is 2.